The van der Waals surface area contributed by atoms with Gasteiger partial charge in [-0.15, -0.1) is 0 Å². The van der Waals surface area contributed by atoms with Crippen LogP contribution in [0.15, 0.2) is 47.0 Å². The summed E-state index contributed by atoms with van der Waals surface area (Å²) in [7, 11) is 1.53. The highest BCUT2D eigenvalue weighted by Crippen LogP contribution is 2.30. The highest BCUT2D eigenvalue weighted by Gasteiger charge is 2.32. The van der Waals surface area contributed by atoms with E-state index in [0.29, 0.717) is 36.7 Å². The van der Waals surface area contributed by atoms with Gasteiger partial charge in [-0.1, -0.05) is 12.1 Å². The molecule has 0 unspecified atom stereocenters. The van der Waals surface area contributed by atoms with Crippen molar-refractivity contribution in [3.8, 4) is 5.75 Å². The summed E-state index contributed by atoms with van der Waals surface area (Å²) in [5.74, 6) is 0.816. The number of aromatic nitrogens is 1. The van der Waals surface area contributed by atoms with E-state index in [0.717, 1.165) is 17.6 Å². The number of para-hydroxylation sites is 1. The fraction of sp³-hybridized carbons (Fsp3) is 0.300. The number of benzene rings is 1. The van der Waals surface area contributed by atoms with Crippen molar-refractivity contribution >= 4 is 22.7 Å². The molecule has 0 bridgehead atoms. The van der Waals surface area contributed by atoms with E-state index in [1.807, 2.05) is 17.0 Å². The Kier molecular flexibility index (Phi) is 4.81. The molecule has 1 N–H and O–H groups in total. The minimum absolute atomic E-state index is 0.165. The molecule has 0 spiro atoms. The van der Waals surface area contributed by atoms with E-state index < -0.39 is 11.7 Å². The Morgan fingerprint density at radius 3 is 2.83 bits per heavy atom. The first-order valence-electron chi connectivity index (χ1n) is 9.01. The molecule has 1 aromatic carbocycles. The van der Waals surface area contributed by atoms with E-state index in [4.69, 9.17) is 9.15 Å². The normalized spacial score (nSPS) is 17.0. The smallest absolute Gasteiger partial charge is 0.417 e. The second-order valence-electron chi connectivity index (χ2n) is 6.80. The van der Waals surface area contributed by atoms with Crippen LogP contribution in [-0.4, -0.2) is 37.1 Å². The molecular formula is C20H18F3N3O3. The molecule has 6 nitrogen and oxygen atoms in total. The SMILES string of the molecule is COc1cccc2cc(C(=O)N[C@@H]3CCN(c4ccc(C(F)(F)F)cn4)C3)oc12. The van der Waals surface area contributed by atoms with Gasteiger partial charge in [0.05, 0.1) is 12.7 Å². The third-order valence-electron chi connectivity index (χ3n) is 4.87. The lowest BCUT2D eigenvalue weighted by molar-refractivity contribution is -0.137. The molecule has 0 saturated carbocycles. The van der Waals surface area contributed by atoms with E-state index in [-0.39, 0.29) is 17.7 Å². The summed E-state index contributed by atoms with van der Waals surface area (Å²) < 4.78 is 48.9. The van der Waals surface area contributed by atoms with Gasteiger partial charge in [-0.05, 0) is 30.7 Å². The Morgan fingerprint density at radius 2 is 2.14 bits per heavy atom. The molecule has 2 aromatic heterocycles. The monoisotopic (exact) mass is 405 g/mol. The van der Waals surface area contributed by atoms with Crippen LogP contribution in [0.5, 0.6) is 5.75 Å². The summed E-state index contributed by atoms with van der Waals surface area (Å²) in [5.41, 5.74) is -0.284. The molecule has 1 amide bonds. The fourth-order valence-electron chi connectivity index (χ4n) is 3.39. The highest BCUT2D eigenvalue weighted by molar-refractivity contribution is 5.97. The molecule has 1 saturated heterocycles. The summed E-state index contributed by atoms with van der Waals surface area (Å²) in [6.45, 7) is 1.03. The van der Waals surface area contributed by atoms with Crippen LogP contribution in [0.25, 0.3) is 11.0 Å². The van der Waals surface area contributed by atoms with Gasteiger partial charge in [0.1, 0.15) is 5.82 Å². The third-order valence-corrected chi connectivity index (χ3v) is 4.87. The second kappa shape index (κ2) is 7.31. The van der Waals surface area contributed by atoms with Crippen molar-refractivity contribution in [2.75, 3.05) is 25.1 Å². The number of alkyl halides is 3. The van der Waals surface area contributed by atoms with Gasteiger partial charge < -0.3 is 19.4 Å². The highest BCUT2D eigenvalue weighted by atomic mass is 19.4. The summed E-state index contributed by atoms with van der Waals surface area (Å²) in [5, 5.41) is 3.67. The number of hydrogen-bond acceptors (Lipinski definition) is 5. The molecule has 1 aliphatic heterocycles. The average molecular weight is 405 g/mol. The number of carbonyl (C=O) groups excluding carboxylic acids is 1. The second-order valence-corrected chi connectivity index (χ2v) is 6.80. The van der Waals surface area contributed by atoms with Crippen molar-refractivity contribution in [3.63, 3.8) is 0 Å². The van der Waals surface area contributed by atoms with E-state index >= 15 is 0 Å². The van der Waals surface area contributed by atoms with Gasteiger partial charge in [-0.25, -0.2) is 4.98 Å². The zero-order valence-corrected chi connectivity index (χ0v) is 15.5. The van der Waals surface area contributed by atoms with Crippen LogP contribution in [0.3, 0.4) is 0 Å². The minimum Gasteiger partial charge on any atom is -0.493 e. The summed E-state index contributed by atoms with van der Waals surface area (Å²) in [4.78, 5) is 18.3. The molecule has 0 radical (unpaired) electrons. The molecule has 0 aliphatic carbocycles. The van der Waals surface area contributed by atoms with Crippen molar-refractivity contribution in [2.45, 2.75) is 18.6 Å². The number of hydrogen-bond donors (Lipinski definition) is 1. The predicted molar refractivity (Wildman–Crippen MR) is 100 cm³/mol. The number of carbonyl (C=O) groups is 1. The molecule has 1 fully saturated rings. The number of rotatable bonds is 4. The number of pyridine rings is 1. The summed E-state index contributed by atoms with van der Waals surface area (Å²) in [6.07, 6.45) is -2.94. The van der Waals surface area contributed by atoms with Crippen LogP contribution in [0.4, 0.5) is 19.0 Å². The minimum atomic E-state index is -4.41. The van der Waals surface area contributed by atoms with Crippen molar-refractivity contribution in [3.05, 3.63) is 53.9 Å². The summed E-state index contributed by atoms with van der Waals surface area (Å²) in [6, 6.07) is 9.23. The van der Waals surface area contributed by atoms with Crippen LogP contribution >= 0.6 is 0 Å². The van der Waals surface area contributed by atoms with Crippen LogP contribution in [0.2, 0.25) is 0 Å². The maximum atomic E-state index is 12.7. The standard InChI is InChI=1S/C20H18F3N3O3/c1-28-15-4-2-3-12-9-16(29-18(12)15)19(27)25-14-7-8-26(11-14)17-6-5-13(10-24-17)20(21,22)23/h2-6,9-10,14H,7-8,11H2,1H3,(H,25,27)/t14-/m1/s1. The van der Waals surface area contributed by atoms with Crippen molar-refractivity contribution in [1.82, 2.24) is 10.3 Å². The number of fused-ring (bicyclic) bond motifs is 1. The first-order valence-corrected chi connectivity index (χ1v) is 9.01. The van der Waals surface area contributed by atoms with Gasteiger partial charge in [0.25, 0.3) is 5.91 Å². The lowest BCUT2D eigenvalue weighted by Gasteiger charge is -2.18. The Balaban J connectivity index is 1.42. The number of nitrogens with zero attached hydrogens (tertiary/aromatic N) is 2. The average Bonchev–Trinajstić information content (AvgIpc) is 3.34. The van der Waals surface area contributed by atoms with Crippen molar-refractivity contribution in [1.29, 1.82) is 0 Å². The first-order chi connectivity index (χ1) is 13.8. The third kappa shape index (κ3) is 3.85. The quantitative estimate of drug-likeness (QED) is 0.714. The van der Waals surface area contributed by atoms with Gasteiger partial charge in [0.15, 0.2) is 17.1 Å². The number of halogens is 3. The van der Waals surface area contributed by atoms with Gasteiger partial charge >= 0.3 is 6.18 Å². The van der Waals surface area contributed by atoms with Gasteiger partial charge in [0, 0.05) is 30.7 Å². The van der Waals surface area contributed by atoms with Crippen LogP contribution in [0.1, 0.15) is 22.5 Å². The van der Waals surface area contributed by atoms with E-state index in [1.165, 1.54) is 13.2 Å². The molecule has 1 atom stereocenters. The van der Waals surface area contributed by atoms with E-state index in [1.54, 1.807) is 12.1 Å². The zero-order chi connectivity index (χ0) is 20.6. The number of amides is 1. The van der Waals surface area contributed by atoms with Crippen LogP contribution < -0.4 is 15.0 Å². The zero-order valence-electron chi connectivity index (χ0n) is 15.5. The Labute approximate surface area is 164 Å². The van der Waals surface area contributed by atoms with Gasteiger partial charge in [0.2, 0.25) is 0 Å². The maximum absolute atomic E-state index is 12.7. The lowest BCUT2D eigenvalue weighted by atomic mass is 10.2. The first kappa shape index (κ1) is 19.1. The van der Waals surface area contributed by atoms with Gasteiger partial charge in [-0.2, -0.15) is 13.2 Å². The number of furan rings is 1. The Bertz CT molecular complexity index is 1030. The molecule has 1 aliphatic rings. The number of methoxy groups -OCH3 is 1. The van der Waals surface area contributed by atoms with Crippen LogP contribution in [0, 0.1) is 0 Å². The molecule has 152 valence electrons. The van der Waals surface area contributed by atoms with E-state index in [2.05, 4.69) is 10.3 Å². The predicted octanol–water partition coefficient (Wildman–Crippen LogP) is 3.86. The largest absolute Gasteiger partial charge is 0.493 e. The number of anilines is 1. The Morgan fingerprint density at radius 1 is 1.31 bits per heavy atom. The van der Waals surface area contributed by atoms with Crippen molar-refractivity contribution in [2.24, 2.45) is 0 Å². The lowest BCUT2D eigenvalue weighted by Crippen LogP contribution is -2.37. The number of nitrogens with one attached hydrogen (secondary N) is 1. The maximum Gasteiger partial charge on any atom is 0.417 e. The topological polar surface area (TPSA) is 67.6 Å². The van der Waals surface area contributed by atoms with E-state index in [9.17, 15) is 18.0 Å². The molecule has 3 heterocycles. The fourth-order valence-corrected chi connectivity index (χ4v) is 3.39. The number of ether oxygens (including phenoxy) is 1. The molecule has 4 rings (SSSR count). The molecular weight excluding hydrogens is 387 g/mol. The van der Waals surface area contributed by atoms with Crippen LogP contribution in [-0.2, 0) is 6.18 Å². The molecule has 3 aromatic rings. The van der Waals surface area contributed by atoms with Gasteiger partial charge in [-0.3, -0.25) is 4.79 Å². The summed E-state index contributed by atoms with van der Waals surface area (Å²) >= 11 is 0. The molecule has 9 heteroatoms. The van der Waals surface area contributed by atoms with Crippen molar-refractivity contribution < 1.29 is 27.1 Å². The Hall–Kier alpha value is -3.23. The molecule has 29 heavy (non-hydrogen) atoms.